The van der Waals surface area contributed by atoms with E-state index in [-0.39, 0.29) is 29.2 Å². The Kier molecular flexibility index (Phi) is 6.15. The maximum absolute atomic E-state index is 13.1. The number of aromatic amines is 1. The van der Waals surface area contributed by atoms with Crippen molar-refractivity contribution in [1.29, 1.82) is 0 Å². The van der Waals surface area contributed by atoms with Gasteiger partial charge in [-0.3, -0.25) is 9.59 Å². The Balaban J connectivity index is 1.16. The fraction of sp³-hybridized carbons (Fsp3) is 0.429. The molecule has 5 nitrogen and oxygen atoms in total. The van der Waals surface area contributed by atoms with Crippen molar-refractivity contribution in [2.24, 2.45) is 11.3 Å². The van der Waals surface area contributed by atoms with E-state index in [9.17, 15) is 9.59 Å². The van der Waals surface area contributed by atoms with Crippen LogP contribution < -0.4 is 5.32 Å². The molecular weight excluding hydrogens is 446 g/mol. The van der Waals surface area contributed by atoms with Gasteiger partial charge in [0, 0.05) is 34.9 Å². The molecule has 2 unspecified atom stereocenters. The number of hydrogen-bond donors (Lipinski definition) is 2. The van der Waals surface area contributed by atoms with Crippen molar-refractivity contribution in [3.05, 3.63) is 70.4 Å². The van der Waals surface area contributed by atoms with Gasteiger partial charge in [-0.05, 0) is 75.1 Å². The second kappa shape index (κ2) is 9.10. The summed E-state index contributed by atoms with van der Waals surface area (Å²) < 4.78 is 0. The molecule has 1 saturated carbocycles. The minimum Gasteiger partial charge on any atom is -0.350 e. The van der Waals surface area contributed by atoms with Crippen LogP contribution in [0, 0.1) is 18.3 Å². The van der Waals surface area contributed by atoms with Gasteiger partial charge in [0.2, 0.25) is 5.91 Å². The smallest absolute Gasteiger partial charge is 0.270 e. The molecule has 1 aromatic heterocycles. The topological polar surface area (TPSA) is 65.2 Å². The van der Waals surface area contributed by atoms with E-state index in [1.165, 1.54) is 5.56 Å². The summed E-state index contributed by atoms with van der Waals surface area (Å²) >= 11 is 6.08. The molecule has 5 rings (SSSR count). The highest BCUT2D eigenvalue weighted by atomic mass is 35.5. The minimum atomic E-state index is 0.00955. The largest absolute Gasteiger partial charge is 0.350 e. The normalized spacial score (nSPS) is 20.6. The van der Waals surface area contributed by atoms with E-state index in [4.69, 9.17) is 11.6 Å². The van der Waals surface area contributed by atoms with Gasteiger partial charge in [-0.25, -0.2) is 0 Å². The molecule has 2 N–H and O–H groups in total. The number of piperidine rings is 1. The quantitative estimate of drug-likeness (QED) is 0.481. The van der Waals surface area contributed by atoms with Gasteiger partial charge in [-0.15, -0.1) is 0 Å². The summed E-state index contributed by atoms with van der Waals surface area (Å²) in [6, 6.07) is 15.9. The second-order valence-electron chi connectivity index (χ2n) is 10.3. The van der Waals surface area contributed by atoms with Gasteiger partial charge >= 0.3 is 0 Å². The van der Waals surface area contributed by atoms with Crippen LogP contribution in [0.5, 0.6) is 0 Å². The molecule has 178 valence electrons. The molecule has 3 aromatic rings. The average molecular weight is 478 g/mol. The van der Waals surface area contributed by atoms with Crippen molar-refractivity contribution in [1.82, 2.24) is 15.2 Å². The molecule has 2 aliphatic rings. The first-order valence-corrected chi connectivity index (χ1v) is 12.6. The third kappa shape index (κ3) is 4.58. The number of amides is 2. The first-order valence-electron chi connectivity index (χ1n) is 12.3. The molecule has 0 radical (unpaired) electrons. The maximum Gasteiger partial charge on any atom is 0.270 e. The lowest BCUT2D eigenvalue weighted by molar-refractivity contribution is -0.125. The zero-order chi connectivity index (χ0) is 23.9. The number of fused-ring (bicyclic) bond motifs is 1. The molecule has 1 aliphatic carbocycles. The van der Waals surface area contributed by atoms with Crippen molar-refractivity contribution >= 4 is 34.3 Å². The van der Waals surface area contributed by atoms with Gasteiger partial charge in [-0.1, -0.05) is 47.5 Å². The zero-order valence-corrected chi connectivity index (χ0v) is 20.6. The number of hydrogen-bond acceptors (Lipinski definition) is 2. The van der Waals surface area contributed by atoms with Gasteiger partial charge in [0.1, 0.15) is 5.69 Å². The molecule has 2 atom stereocenters. The Morgan fingerprint density at radius 2 is 1.82 bits per heavy atom. The van der Waals surface area contributed by atoms with Crippen molar-refractivity contribution in [3.63, 3.8) is 0 Å². The molecular formula is C28H32ClN3O2. The van der Waals surface area contributed by atoms with E-state index in [0.29, 0.717) is 10.7 Å². The summed E-state index contributed by atoms with van der Waals surface area (Å²) in [6.07, 6.45) is 4.84. The Morgan fingerprint density at radius 1 is 1.09 bits per heavy atom. The van der Waals surface area contributed by atoms with Crippen LogP contribution in [-0.2, 0) is 4.79 Å². The van der Waals surface area contributed by atoms with E-state index >= 15 is 0 Å². The summed E-state index contributed by atoms with van der Waals surface area (Å²) in [5.41, 5.74) is 4.03. The van der Waals surface area contributed by atoms with Gasteiger partial charge in [0.05, 0.1) is 6.04 Å². The predicted molar refractivity (Wildman–Crippen MR) is 136 cm³/mol. The number of aryl methyl sites for hydroxylation is 1. The van der Waals surface area contributed by atoms with Gasteiger partial charge in [0.25, 0.3) is 5.91 Å². The van der Waals surface area contributed by atoms with Crippen LogP contribution in [0.1, 0.15) is 66.7 Å². The van der Waals surface area contributed by atoms with Gasteiger partial charge in [0.15, 0.2) is 0 Å². The van der Waals surface area contributed by atoms with Gasteiger partial charge in [-0.2, -0.15) is 0 Å². The van der Waals surface area contributed by atoms with Crippen LogP contribution in [0.15, 0.2) is 48.5 Å². The lowest BCUT2D eigenvalue weighted by Gasteiger charge is -2.39. The van der Waals surface area contributed by atoms with Crippen molar-refractivity contribution in [3.8, 4) is 0 Å². The number of nitrogens with one attached hydrogen (secondary N) is 2. The number of rotatable bonds is 4. The van der Waals surface area contributed by atoms with E-state index < -0.39 is 0 Å². The summed E-state index contributed by atoms with van der Waals surface area (Å²) in [5, 5.41) is 4.87. The Bertz CT molecular complexity index is 1210. The molecule has 1 spiro atoms. The monoisotopic (exact) mass is 477 g/mol. The minimum absolute atomic E-state index is 0.00955. The first-order chi connectivity index (χ1) is 16.3. The fourth-order valence-corrected chi connectivity index (χ4v) is 5.90. The molecule has 2 heterocycles. The molecule has 6 heteroatoms. The van der Waals surface area contributed by atoms with E-state index in [1.54, 1.807) is 0 Å². The molecule has 1 aliphatic heterocycles. The average Bonchev–Trinajstić information content (AvgIpc) is 3.44. The zero-order valence-electron chi connectivity index (χ0n) is 19.9. The number of likely N-dealkylation sites (tertiary alicyclic amines) is 1. The number of H-pyrrole nitrogens is 1. The first kappa shape index (κ1) is 23.0. The fourth-order valence-electron chi connectivity index (χ4n) is 5.72. The van der Waals surface area contributed by atoms with Crippen LogP contribution in [0.2, 0.25) is 5.02 Å². The summed E-state index contributed by atoms with van der Waals surface area (Å²) in [7, 11) is 0. The Morgan fingerprint density at radius 3 is 2.56 bits per heavy atom. The number of benzene rings is 2. The molecule has 1 saturated heterocycles. The van der Waals surface area contributed by atoms with Gasteiger partial charge < -0.3 is 15.2 Å². The maximum atomic E-state index is 13.1. The third-order valence-corrected chi connectivity index (χ3v) is 8.17. The number of halogens is 1. The Labute approximate surface area is 205 Å². The Hall–Kier alpha value is -2.79. The number of carbonyl (C=O) groups is 2. The van der Waals surface area contributed by atoms with Crippen LogP contribution in [0.4, 0.5) is 0 Å². The highest BCUT2D eigenvalue weighted by Crippen LogP contribution is 2.49. The lowest BCUT2D eigenvalue weighted by Crippen LogP contribution is -2.43. The van der Waals surface area contributed by atoms with E-state index in [1.807, 2.05) is 29.2 Å². The van der Waals surface area contributed by atoms with Crippen molar-refractivity contribution in [2.75, 3.05) is 13.1 Å². The SMILES string of the molecule is Cc1ccc(C(C)NC(=O)C2CCC3(CCN(C(=O)c4cc5ccc(Cl)cc5[nH]4)CC3)C2)cc1. The van der Waals surface area contributed by atoms with Crippen molar-refractivity contribution in [2.45, 2.75) is 52.0 Å². The number of nitrogens with zero attached hydrogens (tertiary/aromatic N) is 1. The lowest BCUT2D eigenvalue weighted by atomic mass is 9.76. The second-order valence-corrected chi connectivity index (χ2v) is 10.7. The highest BCUT2D eigenvalue weighted by molar-refractivity contribution is 6.31. The van der Waals surface area contributed by atoms with Crippen LogP contribution in [0.25, 0.3) is 10.9 Å². The molecule has 2 aromatic carbocycles. The van der Waals surface area contributed by atoms with E-state index in [0.717, 1.165) is 61.7 Å². The number of carbonyl (C=O) groups excluding carboxylic acids is 2. The summed E-state index contributed by atoms with van der Waals surface area (Å²) in [4.78, 5) is 31.3. The van der Waals surface area contributed by atoms with Crippen LogP contribution >= 0.6 is 11.6 Å². The molecule has 2 fully saturated rings. The highest BCUT2D eigenvalue weighted by Gasteiger charge is 2.44. The molecule has 2 amide bonds. The van der Waals surface area contributed by atoms with Crippen LogP contribution in [-0.4, -0.2) is 34.8 Å². The standard InChI is InChI=1S/C28H32ClN3O2/c1-18-3-5-20(6-4-18)19(2)30-26(33)22-9-10-28(17-22)11-13-32(14-12-28)27(34)25-15-21-7-8-23(29)16-24(21)31-25/h3-8,15-16,19,22,31H,9-14,17H2,1-2H3,(H,30,33). The third-order valence-electron chi connectivity index (χ3n) is 7.94. The van der Waals surface area contributed by atoms with Crippen LogP contribution in [0.3, 0.4) is 0 Å². The summed E-state index contributed by atoms with van der Waals surface area (Å²) in [5.74, 6) is 0.273. The summed E-state index contributed by atoms with van der Waals surface area (Å²) in [6.45, 7) is 5.60. The molecule has 0 bridgehead atoms. The van der Waals surface area contributed by atoms with Crippen molar-refractivity contribution < 1.29 is 9.59 Å². The molecule has 34 heavy (non-hydrogen) atoms. The van der Waals surface area contributed by atoms with E-state index in [2.05, 4.69) is 48.4 Å². The number of aromatic nitrogens is 1. The predicted octanol–water partition coefficient (Wildman–Crippen LogP) is 6.03.